The number of rotatable bonds is 6. The molecule has 0 radical (unpaired) electrons. The lowest BCUT2D eigenvalue weighted by molar-refractivity contribution is 0.0940. The van der Waals surface area contributed by atoms with Crippen molar-refractivity contribution in [2.24, 2.45) is 0 Å². The lowest BCUT2D eigenvalue weighted by Gasteiger charge is -2.25. The summed E-state index contributed by atoms with van der Waals surface area (Å²) in [5.74, 6) is 1.97. The van der Waals surface area contributed by atoms with Crippen LogP contribution in [0.5, 0.6) is 17.2 Å². The number of likely N-dealkylation sites (N-methyl/N-ethyl adjacent to an activating group) is 1. The number of hydrogen-bond donors (Lipinski definition) is 1. The number of carbonyl (C=O) groups is 1. The average molecular weight is 356 g/mol. The Bertz CT molecular complexity index is 759. The van der Waals surface area contributed by atoms with Crippen molar-refractivity contribution < 1.29 is 19.0 Å². The van der Waals surface area contributed by atoms with Crippen LogP contribution < -0.4 is 19.5 Å². The molecular weight excluding hydrogens is 332 g/mol. The summed E-state index contributed by atoms with van der Waals surface area (Å²) in [6.45, 7) is 1.52. The van der Waals surface area contributed by atoms with E-state index in [1.54, 1.807) is 25.3 Å². The molecular formula is C20H24N2O4. The van der Waals surface area contributed by atoms with Crippen LogP contribution in [0, 0.1) is 0 Å². The highest BCUT2D eigenvalue weighted by Gasteiger charge is 2.18. The van der Waals surface area contributed by atoms with E-state index in [1.807, 2.05) is 38.4 Å². The molecule has 0 saturated carbocycles. The first kappa shape index (κ1) is 18.1. The SMILES string of the molecule is COc1ccc([C@H](CNC(=O)c2ccc3c(c2)OCCO3)N(C)C)cc1. The number of nitrogens with one attached hydrogen (secondary N) is 1. The van der Waals surface area contributed by atoms with Crippen LogP contribution >= 0.6 is 0 Å². The monoisotopic (exact) mass is 356 g/mol. The molecule has 0 unspecified atom stereocenters. The number of benzene rings is 2. The molecule has 0 fully saturated rings. The molecule has 138 valence electrons. The molecule has 6 nitrogen and oxygen atoms in total. The molecule has 0 aromatic heterocycles. The quantitative estimate of drug-likeness (QED) is 0.862. The normalized spacial score (nSPS) is 14.0. The van der Waals surface area contributed by atoms with E-state index in [-0.39, 0.29) is 11.9 Å². The second-order valence-electron chi connectivity index (χ2n) is 6.32. The van der Waals surface area contributed by atoms with E-state index < -0.39 is 0 Å². The van der Waals surface area contributed by atoms with Gasteiger partial charge in [0.1, 0.15) is 19.0 Å². The molecule has 1 heterocycles. The van der Waals surface area contributed by atoms with Crippen LogP contribution in [0.25, 0.3) is 0 Å². The van der Waals surface area contributed by atoms with Crippen molar-refractivity contribution in [2.75, 3.05) is 41.0 Å². The maximum absolute atomic E-state index is 12.5. The molecule has 6 heteroatoms. The van der Waals surface area contributed by atoms with Crippen LogP contribution in [-0.2, 0) is 0 Å². The van der Waals surface area contributed by atoms with Gasteiger partial charge in [-0.3, -0.25) is 4.79 Å². The molecule has 0 aliphatic carbocycles. The molecule has 2 aromatic carbocycles. The fraction of sp³-hybridized carbons (Fsp3) is 0.350. The summed E-state index contributed by atoms with van der Waals surface area (Å²) in [5, 5.41) is 3.01. The predicted octanol–water partition coefficient (Wildman–Crippen LogP) is 2.50. The third-order valence-electron chi connectivity index (χ3n) is 4.38. The molecule has 1 N–H and O–H groups in total. The molecule has 1 aliphatic rings. The summed E-state index contributed by atoms with van der Waals surface area (Å²) in [6, 6.07) is 13.2. The third-order valence-corrected chi connectivity index (χ3v) is 4.38. The molecule has 2 aromatic rings. The highest BCUT2D eigenvalue weighted by Crippen LogP contribution is 2.30. The first-order valence-electron chi connectivity index (χ1n) is 8.56. The number of carbonyl (C=O) groups excluding carboxylic acids is 1. The standard InChI is InChI=1S/C20H24N2O4/c1-22(2)17(14-4-7-16(24-3)8-5-14)13-21-20(23)15-6-9-18-19(12-15)26-11-10-25-18/h4-9,12,17H,10-11,13H2,1-3H3,(H,21,23)/t17-/m0/s1. The minimum Gasteiger partial charge on any atom is -0.497 e. The Morgan fingerprint density at radius 3 is 2.46 bits per heavy atom. The van der Waals surface area contributed by atoms with Crippen molar-refractivity contribution in [3.63, 3.8) is 0 Å². The highest BCUT2D eigenvalue weighted by atomic mass is 16.6. The molecule has 26 heavy (non-hydrogen) atoms. The van der Waals surface area contributed by atoms with Gasteiger partial charge in [0.25, 0.3) is 5.91 Å². The third kappa shape index (κ3) is 4.08. The van der Waals surface area contributed by atoms with Crippen LogP contribution in [0.4, 0.5) is 0 Å². The summed E-state index contributed by atoms with van der Waals surface area (Å²) in [5.41, 5.74) is 1.67. The minimum atomic E-state index is -0.137. The molecule has 1 aliphatic heterocycles. The smallest absolute Gasteiger partial charge is 0.251 e. The van der Waals surface area contributed by atoms with Gasteiger partial charge in [-0.05, 0) is 50.0 Å². The molecule has 1 atom stereocenters. The zero-order valence-corrected chi connectivity index (χ0v) is 15.3. The molecule has 3 rings (SSSR count). The van der Waals surface area contributed by atoms with E-state index in [2.05, 4.69) is 10.2 Å². The van der Waals surface area contributed by atoms with Gasteiger partial charge in [0.15, 0.2) is 11.5 Å². The van der Waals surface area contributed by atoms with Crippen LogP contribution in [0.1, 0.15) is 22.0 Å². The van der Waals surface area contributed by atoms with E-state index in [4.69, 9.17) is 14.2 Å². The maximum atomic E-state index is 12.5. The Balaban J connectivity index is 1.67. The number of hydrogen-bond acceptors (Lipinski definition) is 5. The van der Waals surface area contributed by atoms with Gasteiger partial charge in [-0.1, -0.05) is 12.1 Å². The summed E-state index contributed by atoms with van der Waals surface area (Å²) in [4.78, 5) is 14.6. The molecule has 0 saturated heterocycles. The van der Waals surface area contributed by atoms with Crippen LogP contribution in [0.2, 0.25) is 0 Å². The first-order chi connectivity index (χ1) is 12.6. The van der Waals surface area contributed by atoms with E-state index in [0.29, 0.717) is 36.8 Å². The van der Waals surface area contributed by atoms with E-state index in [9.17, 15) is 4.79 Å². The topological polar surface area (TPSA) is 60.0 Å². The van der Waals surface area contributed by atoms with Gasteiger partial charge in [0.2, 0.25) is 0 Å². The van der Waals surface area contributed by atoms with Crippen molar-refractivity contribution in [1.29, 1.82) is 0 Å². The lowest BCUT2D eigenvalue weighted by Crippen LogP contribution is -2.34. The van der Waals surface area contributed by atoms with Gasteiger partial charge in [-0.25, -0.2) is 0 Å². The van der Waals surface area contributed by atoms with Crippen molar-refractivity contribution in [3.05, 3.63) is 53.6 Å². The Morgan fingerprint density at radius 2 is 1.81 bits per heavy atom. The van der Waals surface area contributed by atoms with Gasteiger partial charge in [-0.15, -0.1) is 0 Å². The lowest BCUT2D eigenvalue weighted by atomic mass is 10.1. The Kier molecular flexibility index (Phi) is 5.63. The van der Waals surface area contributed by atoms with E-state index in [1.165, 1.54) is 0 Å². The van der Waals surface area contributed by atoms with Crippen LogP contribution in [-0.4, -0.2) is 51.8 Å². The second kappa shape index (κ2) is 8.10. The summed E-state index contributed by atoms with van der Waals surface area (Å²) in [6.07, 6.45) is 0. The van der Waals surface area contributed by atoms with Gasteiger partial charge in [0, 0.05) is 12.1 Å². The molecule has 1 amide bonds. The summed E-state index contributed by atoms with van der Waals surface area (Å²) < 4.78 is 16.2. The largest absolute Gasteiger partial charge is 0.497 e. The Hall–Kier alpha value is -2.73. The fourth-order valence-electron chi connectivity index (χ4n) is 2.90. The predicted molar refractivity (Wildman–Crippen MR) is 99.2 cm³/mol. The van der Waals surface area contributed by atoms with Crippen molar-refractivity contribution in [2.45, 2.75) is 6.04 Å². The number of ether oxygens (including phenoxy) is 3. The van der Waals surface area contributed by atoms with Crippen molar-refractivity contribution in [1.82, 2.24) is 10.2 Å². The fourth-order valence-corrected chi connectivity index (χ4v) is 2.90. The second-order valence-corrected chi connectivity index (χ2v) is 6.32. The van der Waals surface area contributed by atoms with Crippen molar-refractivity contribution >= 4 is 5.91 Å². The van der Waals surface area contributed by atoms with Crippen LogP contribution in [0.15, 0.2) is 42.5 Å². The van der Waals surface area contributed by atoms with Gasteiger partial charge < -0.3 is 24.4 Å². The molecule has 0 spiro atoms. The van der Waals surface area contributed by atoms with Crippen molar-refractivity contribution in [3.8, 4) is 17.2 Å². The number of amides is 1. The van der Waals surface area contributed by atoms with E-state index >= 15 is 0 Å². The van der Waals surface area contributed by atoms with E-state index in [0.717, 1.165) is 11.3 Å². The minimum absolute atomic E-state index is 0.0575. The first-order valence-corrected chi connectivity index (χ1v) is 8.56. The Morgan fingerprint density at radius 1 is 1.12 bits per heavy atom. The van der Waals surface area contributed by atoms with Crippen LogP contribution in [0.3, 0.4) is 0 Å². The highest BCUT2D eigenvalue weighted by molar-refractivity contribution is 5.94. The zero-order chi connectivity index (χ0) is 18.5. The number of fused-ring (bicyclic) bond motifs is 1. The number of methoxy groups -OCH3 is 1. The maximum Gasteiger partial charge on any atom is 0.251 e. The van der Waals surface area contributed by atoms with Gasteiger partial charge in [0.05, 0.1) is 13.2 Å². The van der Waals surface area contributed by atoms with Gasteiger partial charge >= 0.3 is 0 Å². The number of nitrogens with zero attached hydrogens (tertiary/aromatic N) is 1. The summed E-state index contributed by atoms with van der Waals surface area (Å²) in [7, 11) is 5.63. The average Bonchev–Trinajstić information content (AvgIpc) is 2.67. The molecule has 0 bridgehead atoms. The summed E-state index contributed by atoms with van der Waals surface area (Å²) >= 11 is 0. The zero-order valence-electron chi connectivity index (χ0n) is 15.3. The van der Waals surface area contributed by atoms with Gasteiger partial charge in [-0.2, -0.15) is 0 Å². The Labute approximate surface area is 153 Å².